The minimum absolute atomic E-state index is 0.161. The van der Waals surface area contributed by atoms with Crippen LogP contribution in [0.1, 0.15) is 30.8 Å². The van der Waals surface area contributed by atoms with Crippen molar-refractivity contribution < 1.29 is 4.42 Å². The molecule has 0 fully saturated rings. The molecule has 2 heterocycles. The fourth-order valence-electron chi connectivity index (χ4n) is 1.24. The molecule has 1 atom stereocenters. The standard InChI is InChI=1S/C10H13N3OS/c1-3-7(11)9-12-13-10(14-9)8-6(2)4-5-15-8/h4-5,7H,3,11H2,1-2H3. The lowest BCUT2D eigenvalue weighted by Crippen LogP contribution is -2.08. The summed E-state index contributed by atoms with van der Waals surface area (Å²) in [6.07, 6.45) is 0.797. The number of rotatable bonds is 3. The van der Waals surface area contributed by atoms with Crippen LogP contribution < -0.4 is 5.73 Å². The fraction of sp³-hybridized carbons (Fsp3) is 0.400. The third-order valence-electron chi connectivity index (χ3n) is 2.25. The van der Waals surface area contributed by atoms with Crippen molar-refractivity contribution in [2.45, 2.75) is 26.3 Å². The van der Waals surface area contributed by atoms with Crippen molar-refractivity contribution in [1.82, 2.24) is 10.2 Å². The summed E-state index contributed by atoms with van der Waals surface area (Å²) in [6.45, 7) is 4.01. The molecule has 0 aliphatic heterocycles. The molecule has 5 heteroatoms. The van der Waals surface area contributed by atoms with E-state index in [4.69, 9.17) is 10.2 Å². The number of nitrogens with two attached hydrogens (primary N) is 1. The van der Waals surface area contributed by atoms with Crippen LogP contribution in [-0.4, -0.2) is 10.2 Å². The molecule has 0 radical (unpaired) electrons. The zero-order chi connectivity index (χ0) is 10.8. The van der Waals surface area contributed by atoms with Gasteiger partial charge in [0.2, 0.25) is 5.89 Å². The van der Waals surface area contributed by atoms with E-state index >= 15 is 0 Å². The molecule has 0 aliphatic rings. The van der Waals surface area contributed by atoms with Gasteiger partial charge < -0.3 is 10.2 Å². The Morgan fingerprint density at radius 3 is 2.93 bits per heavy atom. The van der Waals surface area contributed by atoms with E-state index in [0.717, 1.165) is 16.9 Å². The number of aryl methyl sites for hydroxylation is 1. The maximum absolute atomic E-state index is 5.81. The summed E-state index contributed by atoms with van der Waals surface area (Å²) < 4.78 is 5.52. The quantitative estimate of drug-likeness (QED) is 0.868. The van der Waals surface area contributed by atoms with Gasteiger partial charge in [-0.25, -0.2) is 0 Å². The van der Waals surface area contributed by atoms with Crippen LogP contribution in [0.15, 0.2) is 15.9 Å². The maximum atomic E-state index is 5.81. The minimum Gasteiger partial charge on any atom is -0.418 e. The van der Waals surface area contributed by atoms with Gasteiger partial charge in [0.05, 0.1) is 10.9 Å². The Bertz CT molecular complexity index is 449. The van der Waals surface area contributed by atoms with Crippen LogP contribution in [0.25, 0.3) is 10.8 Å². The molecule has 0 aromatic carbocycles. The number of thiophene rings is 1. The molecule has 2 rings (SSSR count). The van der Waals surface area contributed by atoms with Crippen molar-refractivity contribution in [2.24, 2.45) is 5.73 Å². The van der Waals surface area contributed by atoms with E-state index in [1.807, 2.05) is 25.3 Å². The lowest BCUT2D eigenvalue weighted by atomic mass is 10.2. The molecule has 0 amide bonds. The molecule has 0 spiro atoms. The van der Waals surface area contributed by atoms with Crippen LogP contribution in [0.3, 0.4) is 0 Å². The van der Waals surface area contributed by atoms with Crippen molar-refractivity contribution >= 4 is 11.3 Å². The first-order chi connectivity index (χ1) is 7.22. The van der Waals surface area contributed by atoms with Crippen molar-refractivity contribution in [3.05, 3.63) is 22.9 Å². The van der Waals surface area contributed by atoms with Gasteiger partial charge in [0, 0.05) is 0 Å². The highest BCUT2D eigenvalue weighted by Crippen LogP contribution is 2.28. The van der Waals surface area contributed by atoms with Crippen LogP contribution in [0, 0.1) is 6.92 Å². The molecule has 0 bridgehead atoms. The predicted octanol–water partition coefficient (Wildman–Crippen LogP) is 2.52. The Labute approximate surface area is 92.1 Å². The largest absolute Gasteiger partial charge is 0.418 e. The van der Waals surface area contributed by atoms with Crippen LogP contribution in [0.4, 0.5) is 0 Å². The van der Waals surface area contributed by atoms with Crippen LogP contribution >= 0.6 is 11.3 Å². The van der Waals surface area contributed by atoms with E-state index in [2.05, 4.69) is 10.2 Å². The summed E-state index contributed by atoms with van der Waals surface area (Å²) in [6, 6.07) is 1.87. The Morgan fingerprint density at radius 2 is 2.33 bits per heavy atom. The van der Waals surface area contributed by atoms with E-state index in [9.17, 15) is 0 Å². The van der Waals surface area contributed by atoms with Gasteiger partial charge in [-0.2, -0.15) is 0 Å². The molecule has 1 unspecified atom stereocenters. The maximum Gasteiger partial charge on any atom is 0.258 e. The number of aromatic nitrogens is 2. The van der Waals surface area contributed by atoms with Crippen LogP contribution in [0.2, 0.25) is 0 Å². The van der Waals surface area contributed by atoms with E-state index < -0.39 is 0 Å². The molecule has 2 aromatic rings. The second-order valence-corrected chi connectivity index (χ2v) is 4.31. The molecule has 80 valence electrons. The Kier molecular flexibility index (Phi) is 2.83. The summed E-state index contributed by atoms with van der Waals surface area (Å²) in [5.74, 6) is 1.08. The highest BCUT2D eigenvalue weighted by Gasteiger charge is 2.15. The second-order valence-electron chi connectivity index (χ2n) is 3.39. The third kappa shape index (κ3) is 1.93. The Morgan fingerprint density at radius 1 is 1.53 bits per heavy atom. The minimum atomic E-state index is -0.161. The highest BCUT2D eigenvalue weighted by atomic mass is 32.1. The molecule has 0 saturated heterocycles. The van der Waals surface area contributed by atoms with Gasteiger partial charge in [0.15, 0.2) is 0 Å². The van der Waals surface area contributed by atoms with E-state index in [-0.39, 0.29) is 6.04 Å². The molecule has 4 nitrogen and oxygen atoms in total. The van der Waals surface area contributed by atoms with E-state index in [1.54, 1.807) is 11.3 Å². The number of nitrogens with zero attached hydrogens (tertiary/aromatic N) is 2. The summed E-state index contributed by atoms with van der Waals surface area (Å²) in [7, 11) is 0. The lowest BCUT2D eigenvalue weighted by molar-refractivity contribution is 0.453. The molecule has 2 aromatic heterocycles. The van der Waals surface area contributed by atoms with Gasteiger partial charge in [-0.05, 0) is 30.4 Å². The summed E-state index contributed by atoms with van der Waals surface area (Å²) >= 11 is 1.60. The van der Waals surface area contributed by atoms with Crippen LogP contribution in [-0.2, 0) is 0 Å². The van der Waals surface area contributed by atoms with E-state index in [0.29, 0.717) is 11.8 Å². The summed E-state index contributed by atoms with van der Waals surface area (Å²) in [4.78, 5) is 1.03. The average molecular weight is 223 g/mol. The number of hydrogen-bond acceptors (Lipinski definition) is 5. The number of hydrogen-bond donors (Lipinski definition) is 1. The first kappa shape index (κ1) is 10.3. The van der Waals surface area contributed by atoms with Crippen molar-refractivity contribution in [3.8, 4) is 10.8 Å². The lowest BCUT2D eigenvalue weighted by Gasteiger charge is -1.99. The fourth-order valence-corrected chi connectivity index (χ4v) is 2.09. The van der Waals surface area contributed by atoms with Gasteiger partial charge in [-0.1, -0.05) is 6.92 Å². The molecule has 0 saturated carbocycles. The normalized spacial score (nSPS) is 13.0. The van der Waals surface area contributed by atoms with Gasteiger partial charge in [-0.3, -0.25) is 0 Å². The zero-order valence-corrected chi connectivity index (χ0v) is 9.54. The zero-order valence-electron chi connectivity index (χ0n) is 8.73. The van der Waals surface area contributed by atoms with Crippen molar-refractivity contribution in [3.63, 3.8) is 0 Å². The molecule has 15 heavy (non-hydrogen) atoms. The first-order valence-electron chi connectivity index (χ1n) is 4.85. The topological polar surface area (TPSA) is 64.9 Å². The Hall–Kier alpha value is -1.20. The molecule has 0 aliphatic carbocycles. The smallest absolute Gasteiger partial charge is 0.258 e. The predicted molar refractivity (Wildman–Crippen MR) is 59.6 cm³/mol. The molecule has 2 N–H and O–H groups in total. The van der Waals surface area contributed by atoms with Gasteiger partial charge >= 0.3 is 0 Å². The first-order valence-corrected chi connectivity index (χ1v) is 5.73. The average Bonchev–Trinajstić information content (AvgIpc) is 2.84. The van der Waals surface area contributed by atoms with Crippen molar-refractivity contribution in [2.75, 3.05) is 0 Å². The SMILES string of the molecule is CCC(N)c1nnc(-c2sccc2C)o1. The molecular weight excluding hydrogens is 210 g/mol. The van der Waals surface area contributed by atoms with E-state index in [1.165, 1.54) is 0 Å². The Balaban J connectivity index is 2.32. The van der Waals surface area contributed by atoms with Gasteiger partial charge in [0.25, 0.3) is 5.89 Å². The monoisotopic (exact) mass is 223 g/mol. The van der Waals surface area contributed by atoms with Gasteiger partial charge in [-0.15, -0.1) is 21.5 Å². The third-order valence-corrected chi connectivity index (χ3v) is 3.26. The second kappa shape index (κ2) is 4.12. The van der Waals surface area contributed by atoms with Crippen LogP contribution in [0.5, 0.6) is 0 Å². The summed E-state index contributed by atoms with van der Waals surface area (Å²) in [5.41, 5.74) is 6.96. The summed E-state index contributed by atoms with van der Waals surface area (Å²) in [5, 5.41) is 9.96. The van der Waals surface area contributed by atoms with Crippen molar-refractivity contribution in [1.29, 1.82) is 0 Å². The van der Waals surface area contributed by atoms with Gasteiger partial charge in [0.1, 0.15) is 0 Å². The molecular formula is C10H13N3OS. The highest BCUT2D eigenvalue weighted by molar-refractivity contribution is 7.13.